The van der Waals surface area contributed by atoms with Gasteiger partial charge in [0.15, 0.2) is 0 Å². The molecule has 1 N–H and O–H groups in total. The van der Waals surface area contributed by atoms with Crippen molar-refractivity contribution in [3.8, 4) is 0 Å². The number of fused-ring (bicyclic) bond motifs is 2. The topological polar surface area (TPSA) is 12.0 Å². The molecule has 0 saturated heterocycles. The van der Waals surface area contributed by atoms with Crippen LogP contribution in [0.4, 0.5) is 5.69 Å². The Morgan fingerprint density at radius 2 is 2.17 bits per heavy atom. The molecule has 2 aliphatic carbocycles. The SMILES string of the molecule is CC(Nc1cccc(Cl)c1Br)C1CC2C=CC1C2. The van der Waals surface area contributed by atoms with Gasteiger partial charge in [-0.05, 0) is 65.6 Å². The van der Waals surface area contributed by atoms with Crippen LogP contribution in [0.5, 0.6) is 0 Å². The fourth-order valence-electron chi connectivity index (χ4n) is 3.37. The van der Waals surface area contributed by atoms with Gasteiger partial charge in [-0.2, -0.15) is 0 Å². The lowest BCUT2D eigenvalue weighted by atomic mass is 9.87. The van der Waals surface area contributed by atoms with Crippen LogP contribution in [-0.4, -0.2) is 6.04 Å². The molecule has 4 unspecified atom stereocenters. The summed E-state index contributed by atoms with van der Waals surface area (Å²) in [6.45, 7) is 2.28. The van der Waals surface area contributed by atoms with Crippen molar-refractivity contribution in [1.29, 1.82) is 0 Å². The minimum absolute atomic E-state index is 0.486. The number of hydrogen-bond donors (Lipinski definition) is 1. The van der Waals surface area contributed by atoms with Gasteiger partial charge in [0.05, 0.1) is 15.2 Å². The monoisotopic (exact) mass is 325 g/mol. The third-order valence-corrected chi connectivity index (χ3v) is 5.70. The van der Waals surface area contributed by atoms with Crippen LogP contribution < -0.4 is 5.32 Å². The molecule has 1 saturated carbocycles. The summed E-state index contributed by atoms with van der Waals surface area (Å²) < 4.78 is 0.970. The highest BCUT2D eigenvalue weighted by Crippen LogP contribution is 2.45. The molecule has 3 heteroatoms. The molecule has 96 valence electrons. The fourth-order valence-corrected chi connectivity index (χ4v) is 3.92. The maximum absolute atomic E-state index is 6.12. The van der Waals surface area contributed by atoms with E-state index >= 15 is 0 Å². The van der Waals surface area contributed by atoms with Gasteiger partial charge in [-0.25, -0.2) is 0 Å². The molecule has 0 amide bonds. The molecule has 0 aromatic heterocycles. The van der Waals surface area contributed by atoms with Crippen molar-refractivity contribution in [2.45, 2.75) is 25.8 Å². The van der Waals surface area contributed by atoms with E-state index in [4.69, 9.17) is 11.6 Å². The summed E-state index contributed by atoms with van der Waals surface area (Å²) in [7, 11) is 0. The zero-order valence-electron chi connectivity index (χ0n) is 10.4. The molecular formula is C15H17BrClN. The second-order valence-corrected chi connectivity index (χ2v) is 6.68. The Balaban J connectivity index is 1.73. The number of halogens is 2. The van der Waals surface area contributed by atoms with Crippen LogP contribution in [0.2, 0.25) is 5.02 Å². The third kappa shape index (κ3) is 2.21. The van der Waals surface area contributed by atoms with E-state index in [1.54, 1.807) is 0 Å². The van der Waals surface area contributed by atoms with Gasteiger partial charge in [0.2, 0.25) is 0 Å². The number of nitrogens with one attached hydrogen (secondary N) is 1. The zero-order chi connectivity index (χ0) is 12.7. The van der Waals surface area contributed by atoms with Crippen LogP contribution in [0.3, 0.4) is 0 Å². The Labute approximate surface area is 122 Å². The second-order valence-electron chi connectivity index (χ2n) is 5.48. The fraction of sp³-hybridized carbons (Fsp3) is 0.467. The molecular weight excluding hydrogens is 310 g/mol. The first kappa shape index (κ1) is 12.6. The van der Waals surface area contributed by atoms with Gasteiger partial charge < -0.3 is 5.32 Å². The molecule has 1 nitrogen and oxygen atoms in total. The smallest absolute Gasteiger partial charge is 0.0593 e. The van der Waals surface area contributed by atoms with Crippen molar-refractivity contribution in [3.05, 3.63) is 39.8 Å². The number of rotatable bonds is 3. The van der Waals surface area contributed by atoms with Crippen molar-refractivity contribution in [3.63, 3.8) is 0 Å². The average molecular weight is 327 g/mol. The quantitative estimate of drug-likeness (QED) is 0.761. The highest BCUT2D eigenvalue weighted by atomic mass is 79.9. The van der Waals surface area contributed by atoms with Crippen molar-refractivity contribution < 1.29 is 0 Å². The molecule has 4 atom stereocenters. The van der Waals surface area contributed by atoms with Crippen LogP contribution in [-0.2, 0) is 0 Å². The molecule has 1 aromatic carbocycles. The average Bonchev–Trinajstić information content (AvgIpc) is 2.97. The summed E-state index contributed by atoms with van der Waals surface area (Å²) >= 11 is 9.67. The van der Waals surface area contributed by atoms with E-state index in [0.717, 1.165) is 32.9 Å². The molecule has 0 heterocycles. The lowest BCUT2D eigenvalue weighted by Gasteiger charge is -2.27. The molecule has 0 radical (unpaired) electrons. The summed E-state index contributed by atoms with van der Waals surface area (Å²) in [5.74, 6) is 2.35. The van der Waals surface area contributed by atoms with E-state index in [1.807, 2.05) is 12.1 Å². The molecule has 3 rings (SSSR count). The highest BCUT2D eigenvalue weighted by Gasteiger charge is 2.38. The molecule has 2 bridgehead atoms. The standard InChI is InChI=1S/C15H17BrClN/c1-9(12-8-10-5-6-11(12)7-10)18-14-4-2-3-13(17)15(14)16/h2-6,9-12,18H,7-8H2,1H3. The van der Waals surface area contributed by atoms with Crippen LogP contribution in [0, 0.1) is 17.8 Å². The number of benzene rings is 1. The molecule has 18 heavy (non-hydrogen) atoms. The van der Waals surface area contributed by atoms with E-state index < -0.39 is 0 Å². The lowest BCUT2D eigenvalue weighted by Crippen LogP contribution is -2.28. The predicted molar refractivity (Wildman–Crippen MR) is 81.1 cm³/mol. The van der Waals surface area contributed by atoms with E-state index in [-0.39, 0.29) is 0 Å². The Bertz CT molecular complexity index is 485. The Hall–Kier alpha value is -0.470. The molecule has 0 spiro atoms. The Morgan fingerprint density at radius 1 is 1.33 bits per heavy atom. The van der Waals surface area contributed by atoms with Crippen molar-refractivity contribution >= 4 is 33.2 Å². The van der Waals surface area contributed by atoms with Gasteiger partial charge in [0, 0.05) is 6.04 Å². The minimum Gasteiger partial charge on any atom is -0.381 e. The number of hydrogen-bond acceptors (Lipinski definition) is 1. The summed E-state index contributed by atoms with van der Waals surface area (Å²) in [6.07, 6.45) is 7.48. The summed E-state index contributed by atoms with van der Waals surface area (Å²) in [5, 5.41) is 4.38. The molecule has 1 aromatic rings. The predicted octanol–water partition coefficient (Wildman–Crippen LogP) is 5.12. The van der Waals surface area contributed by atoms with Crippen LogP contribution >= 0.6 is 27.5 Å². The lowest BCUT2D eigenvalue weighted by molar-refractivity contribution is 0.400. The number of anilines is 1. The first-order valence-corrected chi connectivity index (χ1v) is 7.71. The third-order valence-electron chi connectivity index (χ3n) is 4.31. The summed E-state index contributed by atoms with van der Waals surface area (Å²) in [5.41, 5.74) is 1.10. The maximum atomic E-state index is 6.12. The van der Waals surface area contributed by atoms with Crippen LogP contribution in [0.1, 0.15) is 19.8 Å². The number of allylic oxidation sites excluding steroid dienone is 2. The van der Waals surface area contributed by atoms with Gasteiger partial charge >= 0.3 is 0 Å². The van der Waals surface area contributed by atoms with Crippen LogP contribution in [0.15, 0.2) is 34.8 Å². The Kier molecular flexibility index (Phi) is 3.42. The van der Waals surface area contributed by atoms with Gasteiger partial charge in [-0.15, -0.1) is 0 Å². The molecule has 1 fully saturated rings. The molecule has 2 aliphatic rings. The van der Waals surface area contributed by atoms with Crippen LogP contribution in [0.25, 0.3) is 0 Å². The van der Waals surface area contributed by atoms with Gasteiger partial charge in [-0.3, -0.25) is 0 Å². The maximum Gasteiger partial charge on any atom is 0.0593 e. The largest absolute Gasteiger partial charge is 0.381 e. The summed E-state index contributed by atoms with van der Waals surface area (Å²) in [4.78, 5) is 0. The van der Waals surface area contributed by atoms with E-state index in [9.17, 15) is 0 Å². The van der Waals surface area contributed by atoms with E-state index in [2.05, 4.69) is 46.4 Å². The minimum atomic E-state index is 0.486. The summed E-state index contributed by atoms with van der Waals surface area (Å²) in [6, 6.07) is 6.46. The van der Waals surface area contributed by atoms with E-state index in [0.29, 0.717) is 6.04 Å². The first-order chi connectivity index (χ1) is 8.65. The molecule has 0 aliphatic heterocycles. The van der Waals surface area contributed by atoms with Crippen molar-refractivity contribution in [2.75, 3.05) is 5.32 Å². The van der Waals surface area contributed by atoms with Crippen molar-refractivity contribution in [2.24, 2.45) is 17.8 Å². The van der Waals surface area contributed by atoms with E-state index in [1.165, 1.54) is 12.8 Å². The second kappa shape index (κ2) is 4.90. The van der Waals surface area contributed by atoms with Gasteiger partial charge in [-0.1, -0.05) is 29.8 Å². The van der Waals surface area contributed by atoms with Gasteiger partial charge in [0.25, 0.3) is 0 Å². The van der Waals surface area contributed by atoms with Gasteiger partial charge in [0.1, 0.15) is 0 Å². The van der Waals surface area contributed by atoms with Crippen molar-refractivity contribution in [1.82, 2.24) is 0 Å². The first-order valence-electron chi connectivity index (χ1n) is 6.54. The zero-order valence-corrected chi connectivity index (χ0v) is 12.7. The normalized spacial score (nSPS) is 30.7. The highest BCUT2D eigenvalue weighted by molar-refractivity contribution is 9.10. The Morgan fingerprint density at radius 3 is 2.83 bits per heavy atom.